The van der Waals surface area contributed by atoms with E-state index < -0.39 is 5.97 Å². The average molecular weight is 529 g/mol. The molecule has 38 heavy (non-hydrogen) atoms. The lowest BCUT2D eigenvalue weighted by atomic mass is 9.97. The van der Waals surface area contributed by atoms with Crippen LogP contribution >= 0.6 is 0 Å². The van der Waals surface area contributed by atoms with Gasteiger partial charge in [0.25, 0.3) is 0 Å². The first kappa shape index (κ1) is 29.2. The van der Waals surface area contributed by atoms with Gasteiger partial charge in [-0.05, 0) is 66.3 Å². The first-order valence-corrected chi connectivity index (χ1v) is 12.6. The van der Waals surface area contributed by atoms with E-state index >= 15 is 0 Å². The van der Waals surface area contributed by atoms with Gasteiger partial charge >= 0.3 is 5.97 Å². The van der Waals surface area contributed by atoms with E-state index in [1.807, 2.05) is 36.4 Å². The van der Waals surface area contributed by atoms with E-state index in [2.05, 4.69) is 10.6 Å². The third-order valence-corrected chi connectivity index (χ3v) is 6.07. The summed E-state index contributed by atoms with van der Waals surface area (Å²) in [6, 6.07) is 11.2. The molecule has 0 fully saturated rings. The largest absolute Gasteiger partial charge is 0.465 e. The lowest BCUT2D eigenvalue weighted by Crippen LogP contribution is -2.22. The summed E-state index contributed by atoms with van der Waals surface area (Å²) < 4.78 is 21.2. The van der Waals surface area contributed by atoms with E-state index in [1.165, 1.54) is 6.92 Å². The molecular weight excluding hydrogens is 492 g/mol. The Bertz CT molecular complexity index is 1120. The second-order valence-electron chi connectivity index (χ2n) is 9.09. The number of ether oxygens (including phenoxy) is 4. The van der Waals surface area contributed by atoms with Crippen molar-refractivity contribution in [3.05, 3.63) is 47.5 Å². The minimum Gasteiger partial charge on any atom is -0.465 e. The van der Waals surface area contributed by atoms with Crippen LogP contribution in [0.25, 0.3) is 11.1 Å². The Hall–Kier alpha value is -3.31. The van der Waals surface area contributed by atoms with Crippen molar-refractivity contribution in [2.75, 3.05) is 57.4 Å². The minimum absolute atomic E-state index is 0.00799. The van der Waals surface area contributed by atoms with Gasteiger partial charge in [-0.15, -0.1) is 0 Å². The van der Waals surface area contributed by atoms with Crippen LogP contribution in [0.4, 0.5) is 11.4 Å². The van der Waals surface area contributed by atoms with Crippen molar-refractivity contribution in [3.8, 4) is 11.1 Å². The standard InChI is InChI=1S/C28H36N2O8/c1-18(9-10-31)37-17-28(34)30-21-6-8-23-22-7-5-20(29-27(33)16-36-12-4-11-35-3)13-24(22)26(25(23)14-21)15-38-19(2)32/h5-8,13-14,18,26,31H,4,9-12,15-17H2,1-3H3,(H,29,33)(H,30,34). The molecule has 2 amide bonds. The van der Waals surface area contributed by atoms with Gasteiger partial charge in [0.05, 0.1) is 6.10 Å². The van der Waals surface area contributed by atoms with Crippen LogP contribution in [0.2, 0.25) is 0 Å². The summed E-state index contributed by atoms with van der Waals surface area (Å²) in [7, 11) is 1.61. The highest BCUT2D eigenvalue weighted by Crippen LogP contribution is 2.46. The van der Waals surface area contributed by atoms with Crippen LogP contribution in [0, 0.1) is 0 Å². The Morgan fingerprint density at radius 2 is 1.55 bits per heavy atom. The molecule has 0 aliphatic heterocycles. The van der Waals surface area contributed by atoms with Crippen LogP contribution < -0.4 is 10.6 Å². The number of hydrogen-bond donors (Lipinski definition) is 3. The molecule has 2 unspecified atom stereocenters. The third-order valence-electron chi connectivity index (χ3n) is 6.07. The molecule has 2 aromatic rings. The average Bonchev–Trinajstić information content (AvgIpc) is 3.18. The van der Waals surface area contributed by atoms with Crippen LogP contribution in [0.3, 0.4) is 0 Å². The summed E-state index contributed by atoms with van der Waals surface area (Å²) in [5.41, 5.74) is 4.93. The second-order valence-corrected chi connectivity index (χ2v) is 9.09. The monoisotopic (exact) mass is 528 g/mol. The number of hydrogen-bond acceptors (Lipinski definition) is 8. The summed E-state index contributed by atoms with van der Waals surface area (Å²) in [5, 5.41) is 14.7. The van der Waals surface area contributed by atoms with E-state index in [1.54, 1.807) is 14.0 Å². The van der Waals surface area contributed by atoms with E-state index in [4.69, 9.17) is 24.1 Å². The Morgan fingerprint density at radius 3 is 2.11 bits per heavy atom. The summed E-state index contributed by atoms with van der Waals surface area (Å²) in [4.78, 5) is 36.3. The fourth-order valence-electron chi connectivity index (χ4n) is 4.24. The molecule has 10 nitrogen and oxygen atoms in total. The van der Waals surface area contributed by atoms with Crippen molar-refractivity contribution in [2.24, 2.45) is 0 Å². The number of benzene rings is 2. The molecule has 0 saturated carbocycles. The Balaban J connectivity index is 1.73. The zero-order chi connectivity index (χ0) is 27.5. The molecule has 0 aromatic heterocycles. The second kappa shape index (κ2) is 14.6. The number of aliphatic hydroxyl groups is 1. The summed E-state index contributed by atoms with van der Waals surface area (Å²) in [6.45, 7) is 4.06. The lowest BCUT2D eigenvalue weighted by Gasteiger charge is -2.16. The molecule has 1 aliphatic carbocycles. The number of carbonyl (C=O) groups is 3. The highest BCUT2D eigenvalue weighted by atomic mass is 16.5. The van der Waals surface area contributed by atoms with Crippen molar-refractivity contribution in [3.63, 3.8) is 0 Å². The minimum atomic E-state index is -0.395. The topological polar surface area (TPSA) is 132 Å². The SMILES string of the molecule is COCCCOCC(=O)Nc1ccc2c(c1)C(COC(C)=O)c1cc(NC(=O)COC(C)CCO)ccc1-2. The number of rotatable bonds is 15. The van der Waals surface area contributed by atoms with Crippen molar-refractivity contribution < 1.29 is 38.4 Å². The van der Waals surface area contributed by atoms with Crippen molar-refractivity contribution in [1.29, 1.82) is 0 Å². The molecule has 2 aromatic carbocycles. The van der Waals surface area contributed by atoms with Crippen LogP contribution in [0.5, 0.6) is 0 Å². The van der Waals surface area contributed by atoms with Crippen molar-refractivity contribution in [1.82, 2.24) is 0 Å². The maximum Gasteiger partial charge on any atom is 0.302 e. The van der Waals surface area contributed by atoms with Gasteiger partial charge in [0.15, 0.2) is 0 Å². The van der Waals surface area contributed by atoms with Crippen LogP contribution in [0.15, 0.2) is 36.4 Å². The predicted molar refractivity (Wildman–Crippen MR) is 142 cm³/mol. The molecule has 1 aliphatic rings. The number of methoxy groups -OCH3 is 1. The van der Waals surface area contributed by atoms with Gasteiger partial charge < -0.3 is 34.7 Å². The zero-order valence-electron chi connectivity index (χ0n) is 22.1. The highest BCUT2D eigenvalue weighted by Gasteiger charge is 2.30. The van der Waals surface area contributed by atoms with Gasteiger partial charge in [0.1, 0.15) is 19.8 Å². The van der Waals surface area contributed by atoms with Gasteiger partial charge in [-0.1, -0.05) is 12.1 Å². The summed E-state index contributed by atoms with van der Waals surface area (Å²) in [5.74, 6) is -1.25. The van der Waals surface area contributed by atoms with E-state index in [0.29, 0.717) is 37.4 Å². The fraction of sp³-hybridized carbons (Fsp3) is 0.464. The summed E-state index contributed by atoms with van der Waals surface area (Å²) in [6.07, 6.45) is 0.925. The zero-order valence-corrected chi connectivity index (χ0v) is 22.1. The smallest absolute Gasteiger partial charge is 0.302 e. The Morgan fingerprint density at radius 1 is 0.947 bits per heavy atom. The fourth-order valence-corrected chi connectivity index (χ4v) is 4.24. The quantitative estimate of drug-likeness (QED) is 0.237. The maximum absolute atomic E-state index is 12.4. The van der Waals surface area contributed by atoms with Gasteiger partial charge in [0.2, 0.25) is 11.8 Å². The molecule has 206 valence electrons. The number of nitrogens with one attached hydrogen (secondary N) is 2. The van der Waals surface area contributed by atoms with Crippen molar-refractivity contribution >= 4 is 29.2 Å². The van der Waals surface area contributed by atoms with E-state index in [-0.39, 0.29) is 50.3 Å². The normalized spacial score (nSPS) is 14.4. The maximum atomic E-state index is 12.4. The number of anilines is 2. The van der Waals surface area contributed by atoms with Crippen molar-refractivity contribution in [2.45, 2.75) is 38.7 Å². The molecule has 0 bridgehead atoms. The lowest BCUT2D eigenvalue weighted by molar-refractivity contribution is -0.141. The van der Waals surface area contributed by atoms with Crippen LogP contribution in [0.1, 0.15) is 43.7 Å². The molecule has 0 radical (unpaired) electrons. The highest BCUT2D eigenvalue weighted by molar-refractivity contribution is 5.94. The molecule has 0 saturated heterocycles. The molecular formula is C28H36N2O8. The Kier molecular flexibility index (Phi) is 11.2. The molecule has 10 heteroatoms. The van der Waals surface area contributed by atoms with Gasteiger partial charge in [0, 0.05) is 51.1 Å². The number of esters is 1. The first-order chi connectivity index (χ1) is 18.3. The van der Waals surface area contributed by atoms with E-state index in [9.17, 15) is 14.4 Å². The van der Waals surface area contributed by atoms with Crippen LogP contribution in [-0.4, -0.2) is 75.7 Å². The third kappa shape index (κ3) is 8.35. The molecule has 3 rings (SSSR count). The van der Waals surface area contributed by atoms with Gasteiger partial charge in [-0.25, -0.2) is 0 Å². The Labute approximate surface area is 222 Å². The predicted octanol–water partition coefficient (Wildman–Crippen LogP) is 3.08. The number of amides is 2. The number of aliphatic hydroxyl groups excluding tert-OH is 1. The molecule has 3 N–H and O–H groups in total. The van der Waals surface area contributed by atoms with Gasteiger partial charge in [-0.3, -0.25) is 14.4 Å². The summed E-state index contributed by atoms with van der Waals surface area (Å²) >= 11 is 0. The number of carbonyl (C=O) groups excluding carboxylic acids is 3. The van der Waals surface area contributed by atoms with Gasteiger partial charge in [-0.2, -0.15) is 0 Å². The van der Waals surface area contributed by atoms with E-state index in [0.717, 1.165) is 22.3 Å². The molecule has 0 spiro atoms. The molecule has 0 heterocycles. The van der Waals surface area contributed by atoms with Crippen LogP contribution in [-0.2, 0) is 33.3 Å². The first-order valence-electron chi connectivity index (χ1n) is 12.6. The molecule has 2 atom stereocenters. The number of fused-ring (bicyclic) bond motifs is 3.